The van der Waals surface area contributed by atoms with Crippen LogP contribution in [0.5, 0.6) is 0 Å². The van der Waals surface area contributed by atoms with E-state index < -0.39 is 6.10 Å². The van der Waals surface area contributed by atoms with Crippen molar-refractivity contribution in [1.29, 1.82) is 0 Å². The number of esters is 3. The first-order chi connectivity index (χ1) is 38.5. The number of rotatable bonds is 57. The van der Waals surface area contributed by atoms with E-state index in [0.29, 0.717) is 25.7 Å². The van der Waals surface area contributed by atoms with Gasteiger partial charge in [0.05, 0.1) is 0 Å². The van der Waals surface area contributed by atoms with E-state index in [0.717, 1.165) is 122 Å². The number of ether oxygens (including phenoxy) is 3. The van der Waals surface area contributed by atoms with Crippen molar-refractivity contribution < 1.29 is 28.6 Å². The second-order valence-electron chi connectivity index (χ2n) is 20.9. The second-order valence-corrected chi connectivity index (χ2v) is 20.9. The molecule has 0 bridgehead atoms. The van der Waals surface area contributed by atoms with Crippen LogP contribution in [0.3, 0.4) is 0 Å². The molecule has 6 heteroatoms. The minimum Gasteiger partial charge on any atom is -0.462 e. The normalized spacial score (nSPS) is 13.0. The smallest absolute Gasteiger partial charge is 0.306 e. The minimum absolute atomic E-state index is 0.101. The topological polar surface area (TPSA) is 78.9 Å². The summed E-state index contributed by atoms with van der Waals surface area (Å²) in [6, 6.07) is 0. The van der Waals surface area contributed by atoms with Gasteiger partial charge in [-0.05, 0) is 141 Å². The zero-order chi connectivity index (χ0) is 56.4. The number of hydrogen-bond donors (Lipinski definition) is 0. The average Bonchev–Trinajstić information content (AvgIpc) is 3.44. The molecule has 1 atom stereocenters. The summed E-state index contributed by atoms with van der Waals surface area (Å²) in [5.74, 6) is -0.958. The van der Waals surface area contributed by atoms with Crippen LogP contribution in [-0.4, -0.2) is 37.2 Å². The lowest BCUT2D eigenvalue weighted by atomic mass is 10.1. The lowest BCUT2D eigenvalue weighted by molar-refractivity contribution is -0.167. The Labute approximate surface area is 481 Å². The maximum Gasteiger partial charge on any atom is 0.306 e. The maximum absolute atomic E-state index is 12.9. The van der Waals surface area contributed by atoms with Gasteiger partial charge in [0.1, 0.15) is 13.2 Å². The summed E-state index contributed by atoms with van der Waals surface area (Å²) >= 11 is 0. The van der Waals surface area contributed by atoms with Crippen LogP contribution >= 0.6 is 0 Å². The monoisotopic (exact) mass is 1080 g/mol. The zero-order valence-electron chi connectivity index (χ0n) is 50.6. The molecule has 0 aromatic rings. The van der Waals surface area contributed by atoms with Crippen LogP contribution < -0.4 is 0 Å². The Morgan fingerprint density at radius 2 is 0.500 bits per heavy atom. The van der Waals surface area contributed by atoms with Crippen molar-refractivity contribution in [3.05, 3.63) is 134 Å². The van der Waals surface area contributed by atoms with Gasteiger partial charge in [-0.1, -0.05) is 257 Å². The summed E-state index contributed by atoms with van der Waals surface area (Å²) < 4.78 is 16.9. The molecule has 0 aromatic heterocycles. The standard InChI is InChI=1S/C72H118O6/c1-4-7-10-13-16-19-22-25-27-29-31-33-34-35-36-37-38-40-41-43-45-47-50-53-56-59-62-65-71(74)77-68-69(67-76-70(73)64-61-58-55-52-49-24-21-18-15-12-9-6-3)78-72(75)66-63-60-57-54-51-48-46-44-42-39-32-30-28-26-23-20-17-14-11-8-5-2/h7,10,16,18-19,21,23,25-27,30-33,35-36,38,40,43,45,50,53,69H,4-6,8-9,11-15,17,20,22,24,28-29,34,37,39,41-42,44,46-49,51-52,54-68H2,1-3H3/b10-7-,19-16-,21-18-,26-23-,27-25-,32-30-,33-31-,36-35-,40-38-,45-43-,53-50-. The number of unbranched alkanes of at least 4 members (excludes halogenated alkanes) is 24. The molecule has 0 radical (unpaired) electrons. The van der Waals surface area contributed by atoms with Gasteiger partial charge in [0.2, 0.25) is 0 Å². The van der Waals surface area contributed by atoms with E-state index in [-0.39, 0.29) is 31.1 Å². The SMILES string of the molecule is CC/C=C\C/C=C\C/C=C\C/C=C\C/C=C\C/C=C\C/C=C\C/C=C\CCCCC(=O)OCC(COC(=O)CCCCCCC/C=C\CCCCC)OC(=O)CCCCCCCCCCC/C=C\C/C=C\CCCCCCC. The van der Waals surface area contributed by atoms with Gasteiger partial charge >= 0.3 is 17.9 Å². The molecular formula is C72H118O6. The van der Waals surface area contributed by atoms with E-state index in [1.54, 1.807) is 0 Å². The van der Waals surface area contributed by atoms with Crippen molar-refractivity contribution in [1.82, 2.24) is 0 Å². The highest BCUT2D eigenvalue weighted by Crippen LogP contribution is 2.15. The van der Waals surface area contributed by atoms with Gasteiger partial charge in [-0.3, -0.25) is 14.4 Å². The van der Waals surface area contributed by atoms with E-state index in [4.69, 9.17) is 14.2 Å². The second kappa shape index (κ2) is 65.1. The Hall–Kier alpha value is -4.45. The Morgan fingerprint density at radius 3 is 0.846 bits per heavy atom. The highest BCUT2D eigenvalue weighted by molar-refractivity contribution is 5.71. The van der Waals surface area contributed by atoms with Crippen molar-refractivity contribution >= 4 is 17.9 Å². The van der Waals surface area contributed by atoms with E-state index in [9.17, 15) is 14.4 Å². The molecule has 0 amide bonds. The molecule has 442 valence electrons. The van der Waals surface area contributed by atoms with Gasteiger partial charge in [0, 0.05) is 19.3 Å². The van der Waals surface area contributed by atoms with Crippen molar-refractivity contribution in [2.75, 3.05) is 13.2 Å². The number of hydrogen-bond acceptors (Lipinski definition) is 6. The molecule has 1 unspecified atom stereocenters. The predicted octanol–water partition coefficient (Wildman–Crippen LogP) is 22.2. The quantitative estimate of drug-likeness (QED) is 0.0261. The fourth-order valence-corrected chi connectivity index (χ4v) is 8.54. The van der Waals surface area contributed by atoms with E-state index >= 15 is 0 Å². The molecule has 0 fully saturated rings. The van der Waals surface area contributed by atoms with Crippen LogP contribution in [0.25, 0.3) is 0 Å². The highest BCUT2D eigenvalue weighted by Gasteiger charge is 2.19. The number of allylic oxidation sites excluding steroid dienone is 22. The first-order valence-corrected chi connectivity index (χ1v) is 32.2. The number of carbonyl (C=O) groups is 3. The largest absolute Gasteiger partial charge is 0.462 e. The molecule has 0 heterocycles. The first kappa shape index (κ1) is 73.5. The predicted molar refractivity (Wildman–Crippen MR) is 339 cm³/mol. The summed E-state index contributed by atoms with van der Waals surface area (Å²) in [5.41, 5.74) is 0. The summed E-state index contributed by atoms with van der Waals surface area (Å²) in [6.07, 6.45) is 91.7. The molecule has 0 saturated heterocycles. The first-order valence-electron chi connectivity index (χ1n) is 32.2. The molecule has 0 aliphatic rings. The molecule has 0 spiro atoms. The Balaban J connectivity index is 4.43. The molecule has 78 heavy (non-hydrogen) atoms. The molecule has 0 N–H and O–H groups in total. The van der Waals surface area contributed by atoms with Crippen LogP contribution in [0.15, 0.2) is 134 Å². The highest BCUT2D eigenvalue weighted by atomic mass is 16.6. The van der Waals surface area contributed by atoms with Crippen LogP contribution in [0, 0.1) is 0 Å². The molecule has 0 aromatic carbocycles. The summed E-state index contributed by atoms with van der Waals surface area (Å²) in [6.45, 7) is 6.45. The van der Waals surface area contributed by atoms with Gasteiger partial charge in [0.15, 0.2) is 6.10 Å². The van der Waals surface area contributed by atoms with Gasteiger partial charge < -0.3 is 14.2 Å². The van der Waals surface area contributed by atoms with Crippen molar-refractivity contribution in [2.45, 2.75) is 290 Å². The molecule has 0 saturated carbocycles. The third-order valence-electron chi connectivity index (χ3n) is 13.4. The van der Waals surface area contributed by atoms with Crippen LogP contribution in [-0.2, 0) is 28.6 Å². The van der Waals surface area contributed by atoms with Crippen molar-refractivity contribution in [3.63, 3.8) is 0 Å². The van der Waals surface area contributed by atoms with Gasteiger partial charge in [-0.2, -0.15) is 0 Å². The van der Waals surface area contributed by atoms with Crippen molar-refractivity contribution in [3.8, 4) is 0 Å². The van der Waals surface area contributed by atoms with Gasteiger partial charge in [-0.15, -0.1) is 0 Å². The number of carbonyl (C=O) groups excluding carboxylic acids is 3. The zero-order valence-corrected chi connectivity index (χ0v) is 50.6. The molecular weight excluding hydrogens is 961 g/mol. The Morgan fingerprint density at radius 1 is 0.269 bits per heavy atom. The third kappa shape index (κ3) is 62.4. The molecule has 0 aliphatic heterocycles. The van der Waals surface area contributed by atoms with E-state index in [2.05, 4.69) is 154 Å². The van der Waals surface area contributed by atoms with Crippen LogP contribution in [0.2, 0.25) is 0 Å². The lowest BCUT2D eigenvalue weighted by Gasteiger charge is -2.18. The van der Waals surface area contributed by atoms with Crippen LogP contribution in [0.1, 0.15) is 284 Å². The van der Waals surface area contributed by atoms with Crippen molar-refractivity contribution in [2.24, 2.45) is 0 Å². The lowest BCUT2D eigenvalue weighted by Crippen LogP contribution is -2.30. The Kier molecular flexibility index (Phi) is 61.4. The molecule has 0 aliphatic carbocycles. The minimum atomic E-state index is -0.807. The maximum atomic E-state index is 12.9. The molecule has 6 nitrogen and oxygen atoms in total. The molecule has 0 rings (SSSR count). The van der Waals surface area contributed by atoms with E-state index in [1.165, 1.54) is 116 Å². The third-order valence-corrected chi connectivity index (χ3v) is 13.4. The van der Waals surface area contributed by atoms with Gasteiger partial charge in [-0.25, -0.2) is 0 Å². The summed E-state index contributed by atoms with van der Waals surface area (Å²) in [7, 11) is 0. The van der Waals surface area contributed by atoms with E-state index in [1.807, 2.05) is 0 Å². The Bertz CT molecular complexity index is 1670. The fraction of sp³-hybridized carbons (Fsp3) is 0.653. The average molecular weight is 1080 g/mol. The van der Waals surface area contributed by atoms with Crippen LogP contribution in [0.4, 0.5) is 0 Å². The summed E-state index contributed by atoms with van der Waals surface area (Å²) in [5, 5.41) is 0. The fourth-order valence-electron chi connectivity index (χ4n) is 8.54. The summed E-state index contributed by atoms with van der Waals surface area (Å²) in [4.78, 5) is 38.3. The van der Waals surface area contributed by atoms with Gasteiger partial charge in [0.25, 0.3) is 0 Å².